The van der Waals surface area contributed by atoms with Gasteiger partial charge in [0.15, 0.2) is 0 Å². The fourth-order valence-electron chi connectivity index (χ4n) is 4.85. The molecule has 0 aliphatic carbocycles. The van der Waals surface area contributed by atoms with Crippen LogP contribution in [0.1, 0.15) is 39.8 Å². The molecule has 1 aromatic heterocycles. The predicted molar refractivity (Wildman–Crippen MR) is 141 cm³/mol. The standard InChI is InChI=1S/C30H32N4O2/c1-3-33(30(35)24-12-8-5-9-13-24)22-28-27-21-32(20-23-10-6-4-7-11-23)19-18-29(27)34(31-28)25-14-16-26(36-2)17-15-25/h4-17H,3,18-22H2,1-2H3. The van der Waals surface area contributed by atoms with Gasteiger partial charge in [0.1, 0.15) is 5.75 Å². The van der Waals surface area contributed by atoms with Gasteiger partial charge in [0.05, 0.1) is 30.7 Å². The second-order valence-electron chi connectivity index (χ2n) is 9.11. The Morgan fingerprint density at radius 3 is 2.33 bits per heavy atom. The molecule has 1 aliphatic rings. The molecule has 0 radical (unpaired) electrons. The van der Waals surface area contributed by atoms with E-state index in [9.17, 15) is 4.79 Å². The van der Waals surface area contributed by atoms with E-state index >= 15 is 0 Å². The number of ether oxygens (including phenoxy) is 1. The van der Waals surface area contributed by atoms with Crippen LogP contribution in [-0.4, -0.2) is 45.7 Å². The quantitative estimate of drug-likeness (QED) is 0.352. The van der Waals surface area contributed by atoms with Gasteiger partial charge in [-0.3, -0.25) is 9.69 Å². The third kappa shape index (κ3) is 5.04. The zero-order chi connectivity index (χ0) is 24.9. The number of fused-ring (bicyclic) bond motifs is 1. The summed E-state index contributed by atoms with van der Waals surface area (Å²) in [6.07, 6.45) is 0.903. The highest BCUT2D eigenvalue weighted by Crippen LogP contribution is 2.28. The second-order valence-corrected chi connectivity index (χ2v) is 9.11. The fourth-order valence-corrected chi connectivity index (χ4v) is 4.85. The van der Waals surface area contributed by atoms with Crippen LogP contribution in [0, 0.1) is 0 Å². The van der Waals surface area contributed by atoms with Crippen molar-refractivity contribution < 1.29 is 9.53 Å². The minimum absolute atomic E-state index is 0.0304. The highest BCUT2D eigenvalue weighted by Gasteiger charge is 2.27. The van der Waals surface area contributed by atoms with Crippen LogP contribution in [0.5, 0.6) is 5.75 Å². The van der Waals surface area contributed by atoms with Crippen LogP contribution in [0.2, 0.25) is 0 Å². The molecule has 0 saturated carbocycles. The molecule has 0 unspecified atom stereocenters. The Kier molecular flexibility index (Phi) is 7.14. The lowest BCUT2D eigenvalue weighted by Gasteiger charge is -2.28. The van der Waals surface area contributed by atoms with Crippen LogP contribution in [-0.2, 0) is 26.1 Å². The molecular weight excluding hydrogens is 448 g/mol. The summed E-state index contributed by atoms with van der Waals surface area (Å²) in [4.78, 5) is 17.6. The van der Waals surface area contributed by atoms with E-state index in [4.69, 9.17) is 9.84 Å². The molecule has 0 saturated heterocycles. The molecule has 6 heteroatoms. The molecule has 5 rings (SSSR count). The first kappa shape index (κ1) is 23.8. The smallest absolute Gasteiger partial charge is 0.254 e. The Hall–Kier alpha value is -3.90. The highest BCUT2D eigenvalue weighted by molar-refractivity contribution is 5.94. The second kappa shape index (κ2) is 10.8. The van der Waals surface area contributed by atoms with Crippen LogP contribution >= 0.6 is 0 Å². The van der Waals surface area contributed by atoms with Gasteiger partial charge in [-0.25, -0.2) is 4.68 Å². The van der Waals surface area contributed by atoms with Crippen molar-refractivity contribution in [1.82, 2.24) is 19.6 Å². The Morgan fingerprint density at radius 2 is 1.67 bits per heavy atom. The van der Waals surface area contributed by atoms with Crippen LogP contribution in [0.4, 0.5) is 0 Å². The molecule has 0 atom stereocenters. The van der Waals surface area contributed by atoms with E-state index in [1.807, 2.05) is 66.4 Å². The predicted octanol–water partition coefficient (Wildman–Crippen LogP) is 5.10. The maximum atomic E-state index is 13.3. The average molecular weight is 481 g/mol. The van der Waals surface area contributed by atoms with E-state index in [0.717, 1.165) is 43.2 Å². The fraction of sp³-hybridized carbons (Fsp3) is 0.267. The summed E-state index contributed by atoms with van der Waals surface area (Å²) in [5.74, 6) is 0.849. The van der Waals surface area contributed by atoms with E-state index in [1.165, 1.54) is 16.8 Å². The number of carbonyl (C=O) groups is 1. The van der Waals surface area contributed by atoms with Gasteiger partial charge in [0, 0.05) is 43.7 Å². The van der Waals surface area contributed by atoms with Crippen molar-refractivity contribution in [2.24, 2.45) is 0 Å². The number of benzene rings is 3. The van der Waals surface area contributed by atoms with Crippen molar-refractivity contribution >= 4 is 5.91 Å². The average Bonchev–Trinajstić information content (AvgIpc) is 3.30. The lowest BCUT2D eigenvalue weighted by Crippen LogP contribution is -2.33. The number of aromatic nitrogens is 2. The zero-order valence-electron chi connectivity index (χ0n) is 20.9. The molecule has 184 valence electrons. The van der Waals surface area contributed by atoms with Crippen molar-refractivity contribution in [1.29, 1.82) is 0 Å². The summed E-state index contributed by atoms with van der Waals surface area (Å²) in [6.45, 7) is 5.79. The minimum atomic E-state index is 0.0304. The molecular formula is C30H32N4O2. The largest absolute Gasteiger partial charge is 0.497 e. The van der Waals surface area contributed by atoms with Crippen LogP contribution in [0.3, 0.4) is 0 Å². The number of nitrogens with zero attached hydrogens (tertiary/aromatic N) is 4. The molecule has 0 spiro atoms. The molecule has 6 nitrogen and oxygen atoms in total. The van der Waals surface area contributed by atoms with E-state index < -0.39 is 0 Å². The van der Waals surface area contributed by atoms with Gasteiger partial charge in [-0.1, -0.05) is 48.5 Å². The molecule has 4 aromatic rings. The van der Waals surface area contributed by atoms with Gasteiger partial charge >= 0.3 is 0 Å². The lowest BCUT2D eigenvalue weighted by atomic mass is 10.0. The number of hydrogen-bond donors (Lipinski definition) is 0. The molecule has 1 aliphatic heterocycles. The van der Waals surface area contributed by atoms with Crippen molar-refractivity contribution in [3.63, 3.8) is 0 Å². The van der Waals surface area contributed by atoms with Gasteiger partial charge in [0.2, 0.25) is 0 Å². The Labute approximate surface area is 212 Å². The van der Waals surface area contributed by atoms with Gasteiger partial charge in [0.25, 0.3) is 5.91 Å². The SMILES string of the molecule is CCN(Cc1nn(-c2ccc(OC)cc2)c2c1CN(Cc1ccccc1)CC2)C(=O)c1ccccc1. The number of methoxy groups -OCH3 is 1. The van der Waals surface area contributed by atoms with Crippen molar-refractivity contribution in [2.75, 3.05) is 20.2 Å². The van der Waals surface area contributed by atoms with Gasteiger partial charge < -0.3 is 9.64 Å². The zero-order valence-corrected chi connectivity index (χ0v) is 20.9. The summed E-state index contributed by atoms with van der Waals surface area (Å²) >= 11 is 0. The molecule has 3 aromatic carbocycles. The highest BCUT2D eigenvalue weighted by atomic mass is 16.5. The topological polar surface area (TPSA) is 50.6 Å². The summed E-state index contributed by atoms with van der Waals surface area (Å²) in [7, 11) is 1.67. The van der Waals surface area contributed by atoms with Gasteiger partial charge in [-0.05, 0) is 48.9 Å². The maximum Gasteiger partial charge on any atom is 0.254 e. The van der Waals surface area contributed by atoms with Gasteiger partial charge in [-0.15, -0.1) is 0 Å². The number of amides is 1. The molecule has 0 N–H and O–H groups in total. The first-order chi connectivity index (χ1) is 17.7. The Balaban J connectivity index is 1.47. The van der Waals surface area contributed by atoms with E-state index in [-0.39, 0.29) is 5.91 Å². The minimum Gasteiger partial charge on any atom is -0.497 e. The first-order valence-electron chi connectivity index (χ1n) is 12.5. The summed E-state index contributed by atoms with van der Waals surface area (Å²) in [5.41, 5.74) is 6.43. The Bertz CT molecular complexity index is 1300. The van der Waals surface area contributed by atoms with E-state index in [1.54, 1.807) is 7.11 Å². The molecule has 1 amide bonds. The monoisotopic (exact) mass is 480 g/mol. The maximum absolute atomic E-state index is 13.3. The number of rotatable bonds is 8. The Morgan fingerprint density at radius 1 is 0.972 bits per heavy atom. The summed E-state index contributed by atoms with van der Waals surface area (Å²) in [6, 6.07) is 28.1. The van der Waals surface area contributed by atoms with Gasteiger partial charge in [-0.2, -0.15) is 5.10 Å². The third-order valence-electron chi connectivity index (χ3n) is 6.82. The summed E-state index contributed by atoms with van der Waals surface area (Å²) < 4.78 is 7.41. The van der Waals surface area contributed by atoms with Crippen LogP contribution in [0.15, 0.2) is 84.9 Å². The molecule has 2 heterocycles. The molecule has 36 heavy (non-hydrogen) atoms. The third-order valence-corrected chi connectivity index (χ3v) is 6.82. The van der Waals surface area contributed by atoms with E-state index in [2.05, 4.69) is 39.9 Å². The normalized spacial score (nSPS) is 13.3. The van der Waals surface area contributed by atoms with Crippen molar-refractivity contribution in [2.45, 2.75) is 33.0 Å². The summed E-state index contributed by atoms with van der Waals surface area (Å²) in [5, 5.41) is 5.08. The van der Waals surface area contributed by atoms with Crippen LogP contribution < -0.4 is 4.74 Å². The molecule has 0 bridgehead atoms. The lowest BCUT2D eigenvalue weighted by molar-refractivity contribution is 0.0749. The van der Waals surface area contributed by atoms with E-state index in [0.29, 0.717) is 18.7 Å². The number of hydrogen-bond acceptors (Lipinski definition) is 4. The number of carbonyl (C=O) groups excluding carboxylic acids is 1. The van der Waals surface area contributed by atoms with Crippen LogP contribution in [0.25, 0.3) is 5.69 Å². The van der Waals surface area contributed by atoms with Crippen molar-refractivity contribution in [3.05, 3.63) is 113 Å². The van der Waals surface area contributed by atoms with Crippen molar-refractivity contribution in [3.8, 4) is 11.4 Å². The first-order valence-corrected chi connectivity index (χ1v) is 12.5. The molecule has 0 fully saturated rings.